The average molecular weight is 423 g/mol. The average Bonchev–Trinajstić information content (AvgIpc) is 2.78. The van der Waals surface area contributed by atoms with Crippen LogP contribution in [0.4, 0.5) is 4.39 Å². The van der Waals surface area contributed by atoms with Crippen molar-refractivity contribution in [2.24, 2.45) is 5.92 Å². The first-order valence-electron chi connectivity index (χ1n) is 10.7. The maximum absolute atomic E-state index is 13.9. The Morgan fingerprint density at radius 1 is 1.16 bits per heavy atom. The Morgan fingerprint density at radius 3 is 2.68 bits per heavy atom. The highest BCUT2D eigenvalue weighted by molar-refractivity contribution is 5.79. The number of hydrogen-bond acceptors (Lipinski definition) is 5. The maximum atomic E-state index is 13.9. The first kappa shape index (κ1) is 21.2. The summed E-state index contributed by atoms with van der Waals surface area (Å²) >= 11 is 0. The van der Waals surface area contributed by atoms with E-state index in [1.807, 2.05) is 31.2 Å². The lowest BCUT2D eigenvalue weighted by atomic mass is 9.96. The van der Waals surface area contributed by atoms with Gasteiger partial charge in [-0.1, -0.05) is 6.07 Å². The van der Waals surface area contributed by atoms with E-state index in [0.29, 0.717) is 24.2 Å². The first-order valence-corrected chi connectivity index (χ1v) is 10.7. The molecule has 2 aromatic heterocycles. The normalized spacial score (nSPS) is 15.3. The minimum atomic E-state index is -0.379. The summed E-state index contributed by atoms with van der Waals surface area (Å²) < 4.78 is 20.7. The minimum absolute atomic E-state index is 0.0726. The molecule has 1 fully saturated rings. The van der Waals surface area contributed by atoms with Crippen LogP contribution in [0, 0.1) is 11.7 Å². The molecule has 0 aliphatic carbocycles. The number of carbonyl (C=O) groups excluding carboxylic acids is 1. The third-order valence-corrected chi connectivity index (χ3v) is 5.78. The third-order valence-electron chi connectivity index (χ3n) is 5.78. The van der Waals surface area contributed by atoms with E-state index < -0.39 is 0 Å². The Kier molecular flexibility index (Phi) is 6.42. The molecule has 3 aromatic rings. The highest BCUT2D eigenvalue weighted by atomic mass is 19.1. The van der Waals surface area contributed by atoms with Crippen molar-refractivity contribution in [3.63, 3.8) is 0 Å². The van der Waals surface area contributed by atoms with Crippen LogP contribution in [0.2, 0.25) is 0 Å². The summed E-state index contributed by atoms with van der Waals surface area (Å²) in [4.78, 5) is 31.8. The van der Waals surface area contributed by atoms with Gasteiger partial charge in [0.05, 0.1) is 30.3 Å². The molecule has 6 nitrogen and oxygen atoms in total. The summed E-state index contributed by atoms with van der Waals surface area (Å²) in [5, 5.41) is 0.813. The van der Waals surface area contributed by atoms with E-state index in [9.17, 15) is 14.0 Å². The number of hydrogen-bond donors (Lipinski definition) is 0. The van der Waals surface area contributed by atoms with Gasteiger partial charge in [-0.2, -0.15) is 0 Å². The number of aromatic nitrogens is 2. The Bertz CT molecular complexity index is 1120. The number of fused-ring (bicyclic) bond motifs is 1. The molecule has 1 aliphatic rings. The number of benzene rings is 1. The molecule has 0 amide bonds. The molecule has 1 aliphatic heterocycles. The second kappa shape index (κ2) is 9.39. The van der Waals surface area contributed by atoms with E-state index in [1.54, 1.807) is 16.8 Å². The monoisotopic (exact) mass is 423 g/mol. The Hall–Kier alpha value is -3.06. The number of ether oxygens (including phenoxy) is 1. The van der Waals surface area contributed by atoms with Crippen LogP contribution in [0.25, 0.3) is 10.9 Å². The minimum Gasteiger partial charge on any atom is -0.466 e. The van der Waals surface area contributed by atoms with Crippen LogP contribution in [0.5, 0.6) is 0 Å². The van der Waals surface area contributed by atoms with E-state index >= 15 is 0 Å². The predicted molar refractivity (Wildman–Crippen MR) is 116 cm³/mol. The number of pyridine rings is 2. The predicted octanol–water partition coefficient (Wildman–Crippen LogP) is 3.36. The molecule has 162 valence electrons. The molecule has 0 atom stereocenters. The van der Waals surface area contributed by atoms with Crippen molar-refractivity contribution in [1.29, 1.82) is 0 Å². The van der Waals surface area contributed by atoms with Gasteiger partial charge in [0.15, 0.2) is 0 Å². The van der Waals surface area contributed by atoms with Gasteiger partial charge in [0.2, 0.25) is 0 Å². The van der Waals surface area contributed by atoms with Crippen LogP contribution in [-0.2, 0) is 22.6 Å². The fraction of sp³-hybridized carbons (Fsp3) is 0.375. The lowest BCUT2D eigenvalue weighted by molar-refractivity contribution is -0.149. The van der Waals surface area contributed by atoms with Crippen molar-refractivity contribution < 1.29 is 13.9 Å². The molecule has 0 spiro atoms. The number of halogens is 1. The van der Waals surface area contributed by atoms with Gasteiger partial charge in [-0.3, -0.25) is 19.5 Å². The summed E-state index contributed by atoms with van der Waals surface area (Å²) in [5.41, 5.74) is 1.81. The second-order valence-corrected chi connectivity index (χ2v) is 7.89. The van der Waals surface area contributed by atoms with Crippen LogP contribution in [0.1, 0.15) is 31.0 Å². The molecule has 0 saturated carbocycles. The molecule has 0 unspecified atom stereocenters. The first-order chi connectivity index (χ1) is 15.0. The van der Waals surface area contributed by atoms with Crippen molar-refractivity contribution >= 4 is 16.9 Å². The molecular weight excluding hydrogens is 397 g/mol. The molecule has 0 N–H and O–H groups in total. The van der Waals surface area contributed by atoms with E-state index in [-0.39, 0.29) is 29.8 Å². The number of likely N-dealkylation sites (tertiary alicyclic amines) is 1. The molecule has 1 saturated heterocycles. The quantitative estimate of drug-likeness (QED) is 0.569. The molecule has 1 aromatic carbocycles. The lowest BCUT2D eigenvalue weighted by Gasteiger charge is -2.30. The zero-order valence-electron chi connectivity index (χ0n) is 17.6. The van der Waals surface area contributed by atoms with Crippen molar-refractivity contribution in [2.45, 2.75) is 32.9 Å². The molecule has 31 heavy (non-hydrogen) atoms. The van der Waals surface area contributed by atoms with Crippen LogP contribution in [0.15, 0.2) is 53.5 Å². The van der Waals surface area contributed by atoms with Gasteiger partial charge >= 0.3 is 5.97 Å². The second-order valence-electron chi connectivity index (χ2n) is 7.89. The summed E-state index contributed by atoms with van der Waals surface area (Å²) in [7, 11) is 0. The zero-order valence-corrected chi connectivity index (χ0v) is 17.6. The fourth-order valence-corrected chi connectivity index (χ4v) is 4.16. The fourth-order valence-electron chi connectivity index (χ4n) is 4.16. The Balaban J connectivity index is 1.60. The van der Waals surface area contributed by atoms with Gasteiger partial charge in [-0.15, -0.1) is 0 Å². The summed E-state index contributed by atoms with van der Waals surface area (Å²) in [6, 6.07) is 11.9. The van der Waals surface area contributed by atoms with E-state index in [4.69, 9.17) is 4.74 Å². The zero-order chi connectivity index (χ0) is 21.8. The molecule has 0 radical (unpaired) electrons. The molecule has 7 heteroatoms. The number of rotatable bonds is 6. The van der Waals surface area contributed by atoms with Crippen molar-refractivity contribution in [3.8, 4) is 0 Å². The van der Waals surface area contributed by atoms with E-state index in [2.05, 4.69) is 9.88 Å². The van der Waals surface area contributed by atoms with Gasteiger partial charge in [-0.05, 0) is 74.6 Å². The van der Waals surface area contributed by atoms with Gasteiger partial charge in [-0.25, -0.2) is 4.39 Å². The number of esters is 1. The van der Waals surface area contributed by atoms with Crippen molar-refractivity contribution in [2.75, 3.05) is 19.7 Å². The van der Waals surface area contributed by atoms with Crippen LogP contribution < -0.4 is 5.56 Å². The van der Waals surface area contributed by atoms with Gasteiger partial charge in [0.1, 0.15) is 5.82 Å². The number of piperidine rings is 1. The molecule has 0 bridgehead atoms. The molecule has 3 heterocycles. The Morgan fingerprint density at radius 2 is 1.97 bits per heavy atom. The highest BCUT2D eigenvalue weighted by Gasteiger charge is 2.26. The standard InChI is InChI=1S/C24H26FN3O3/c1-2-31-24(30)17-8-11-27(12-9-17)15-19-13-18-6-7-20(25)14-22(18)28(23(19)29)16-21-5-3-4-10-26-21/h3-7,10,13-14,17H,2,8-9,11-12,15-16H2,1H3. The largest absolute Gasteiger partial charge is 0.466 e. The van der Waals surface area contributed by atoms with Gasteiger partial charge in [0.25, 0.3) is 5.56 Å². The third kappa shape index (κ3) is 4.82. The lowest BCUT2D eigenvalue weighted by Crippen LogP contribution is -2.38. The maximum Gasteiger partial charge on any atom is 0.309 e. The Labute approximate surface area is 180 Å². The van der Waals surface area contributed by atoms with Crippen molar-refractivity contribution in [1.82, 2.24) is 14.5 Å². The van der Waals surface area contributed by atoms with Crippen molar-refractivity contribution in [3.05, 3.63) is 76.1 Å². The van der Waals surface area contributed by atoms with Gasteiger partial charge < -0.3 is 9.30 Å². The van der Waals surface area contributed by atoms with E-state index in [1.165, 1.54) is 12.1 Å². The van der Waals surface area contributed by atoms with Crippen LogP contribution in [-0.4, -0.2) is 40.1 Å². The summed E-state index contributed by atoms with van der Waals surface area (Å²) in [6.07, 6.45) is 3.13. The summed E-state index contributed by atoms with van der Waals surface area (Å²) in [6.45, 7) is 4.43. The van der Waals surface area contributed by atoms with Crippen LogP contribution >= 0.6 is 0 Å². The number of carbonyl (C=O) groups is 1. The van der Waals surface area contributed by atoms with E-state index in [0.717, 1.165) is 37.0 Å². The highest BCUT2D eigenvalue weighted by Crippen LogP contribution is 2.22. The van der Waals surface area contributed by atoms with Crippen LogP contribution in [0.3, 0.4) is 0 Å². The SMILES string of the molecule is CCOC(=O)C1CCN(Cc2cc3ccc(F)cc3n(Cc3ccccn3)c2=O)CC1. The summed E-state index contributed by atoms with van der Waals surface area (Å²) in [5.74, 6) is -0.584. The van der Waals surface area contributed by atoms with Gasteiger partial charge in [0, 0.05) is 18.3 Å². The topological polar surface area (TPSA) is 64.4 Å². The molecule has 4 rings (SSSR count). The smallest absolute Gasteiger partial charge is 0.309 e. The molecular formula is C24H26FN3O3. The number of nitrogens with zero attached hydrogens (tertiary/aromatic N) is 3.